The fraction of sp³-hybridized carbons (Fsp3) is 0.133. The van der Waals surface area contributed by atoms with Gasteiger partial charge in [-0.15, -0.1) is 0 Å². The van der Waals surface area contributed by atoms with Gasteiger partial charge >= 0.3 is 0 Å². The van der Waals surface area contributed by atoms with Crippen molar-refractivity contribution >= 4 is 5.71 Å². The van der Waals surface area contributed by atoms with Gasteiger partial charge in [0, 0.05) is 5.56 Å². The van der Waals surface area contributed by atoms with Crippen LogP contribution in [-0.4, -0.2) is 5.71 Å². The van der Waals surface area contributed by atoms with E-state index in [2.05, 4.69) is 35.3 Å². The van der Waals surface area contributed by atoms with Crippen LogP contribution in [0.4, 0.5) is 0 Å². The summed E-state index contributed by atoms with van der Waals surface area (Å²) in [5.41, 5.74) is 4.72. The first-order valence-corrected chi connectivity index (χ1v) is 5.81. The molecular formula is C15H11NO. The molecule has 2 aliphatic rings. The van der Waals surface area contributed by atoms with Crippen LogP contribution in [0.5, 0.6) is 0 Å². The Morgan fingerprint density at radius 2 is 1.53 bits per heavy atom. The van der Waals surface area contributed by atoms with Crippen molar-refractivity contribution in [3.05, 3.63) is 71.3 Å². The van der Waals surface area contributed by atoms with Crippen molar-refractivity contribution in [1.82, 2.24) is 0 Å². The molecule has 4 rings (SSSR count). The molecule has 2 nitrogen and oxygen atoms in total. The number of fused-ring (bicyclic) bond motifs is 5. The van der Waals surface area contributed by atoms with Crippen molar-refractivity contribution < 1.29 is 4.74 Å². The van der Waals surface area contributed by atoms with Gasteiger partial charge in [0.1, 0.15) is 6.10 Å². The summed E-state index contributed by atoms with van der Waals surface area (Å²) in [5.74, 6) is 0. The maximum Gasteiger partial charge on any atom is 0.176 e. The zero-order chi connectivity index (χ0) is 11.2. The van der Waals surface area contributed by atoms with E-state index in [1.165, 1.54) is 11.1 Å². The third-order valence-electron chi connectivity index (χ3n) is 3.38. The van der Waals surface area contributed by atoms with Crippen LogP contribution in [0.3, 0.4) is 0 Å². The third-order valence-corrected chi connectivity index (χ3v) is 3.38. The van der Waals surface area contributed by atoms with E-state index in [1.807, 2.05) is 24.3 Å². The molecule has 0 amide bonds. The van der Waals surface area contributed by atoms with Crippen molar-refractivity contribution in [2.24, 2.45) is 4.99 Å². The normalized spacial score (nSPS) is 24.6. The Bertz CT molecular complexity index is 603. The molecule has 2 bridgehead atoms. The van der Waals surface area contributed by atoms with E-state index in [9.17, 15) is 0 Å². The molecule has 0 aromatic heterocycles. The number of benzene rings is 2. The average Bonchev–Trinajstić information content (AvgIpc) is 2.99. The Hall–Kier alpha value is -1.93. The summed E-state index contributed by atoms with van der Waals surface area (Å²) in [5, 5.41) is 0. The lowest BCUT2D eigenvalue weighted by Crippen LogP contribution is -2.10. The molecule has 0 saturated heterocycles. The first-order chi connectivity index (χ1) is 8.43. The number of ether oxygens (including phenoxy) is 1. The highest BCUT2D eigenvalue weighted by molar-refractivity contribution is 6.06. The van der Waals surface area contributed by atoms with Crippen LogP contribution >= 0.6 is 0 Å². The number of rotatable bonds is 1. The molecule has 2 heteroatoms. The zero-order valence-corrected chi connectivity index (χ0v) is 9.21. The van der Waals surface area contributed by atoms with E-state index in [4.69, 9.17) is 4.74 Å². The average molecular weight is 221 g/mol. The Balaban J connectivity index is 1.83. The number of hydrogen-bond acceptors (Lipinski definition) is 2. The van der Waals surface area contributed by atoms with Gasteiger partial charge in [0.25, 0.3) is 0 Å². The second kappa shape index (κ2) is 3.28. The lowest BCUT2D eigenvalue weighted by Gasteiger charge is -2.12. The van der Waals surface area contributed by atoms with Crippen LogP contribution in [0.15, 0.2) is 59.6 Å². The lowest BCUT2D eigenvalue weighted by molar-refractivity contribution is 0.0769. The number of hydrogen-bond donors (Lipinski definition) is 0. The first-order valence-electron chi connectivity index (χ1n) is 5.81. The van der Waals surface area contributed by atoms with Crippen molar-refractivity contribution in [3.8, 4) is 0 Å². The highest BCUT2D eigenvalue weighted by atomic mass is 16.5. The van der Waals surface area contributed by atoms with E-state index in [1.54, 1.807) is 0 Å². The zero-order valence-electron chi connectivity index (χ0n) is 9.21. The monoisotopic (exact) mass is 221 g/mol. The number of nitrogens with zero attached hydrogens (tertiary/aromatic N) is 1. The molecule has 1 unspecified atom stereocenters. The topological polar surface area (TPSA) is 21.6 Å². The standard InChI is InChI=1S/C15H11NO/c1-2-6-10(7-3-1)13-14-11-8-4-5-9-12(11)15(16-13)17-14/h1-9,14-15H/t14?,15-/m1/s1. The summed E-state index contributed by atoms with van der Waals surface area (Å²) >= 11 is 0. The second-order valence-electron chi connectivity index (χ2n) is 4.38. The molecule has 2 heterocycles. The lowest BCUT2D eigenvalue weighted by atomic mass is 9.95. The summed E-state index contributed by atoms with van der Waals surface area (Å²) in [6.07, 6.45) is -0.0648. The van der Waals surface area contributed by atoms with Crippen molar-refractivity contribution in [1.29, 1.82) is 0 Å². The van der Waals surface area contributed by atoms with Crippen molar-refractivity contribution in [3.63, 3.8) is 0 Å². The van der Waals surface area contributed by atoms with Gasteiger partial charge in [-0.1, -0.05) is 54.6 Å². The highest BCUT2D eigenvalue weighted by Crippen LogP contribution is 2.47. The minimum atomic E-state index is -0.0913. The summed E-state index contributed by atoms with van der Waals surface area (Å²) in [7, 11) is 0. The predicted octanol–water partition coefficient (Wildman–Crippen LogP) is 3.26. The SMILES string of the molecule is c1ccc(C2=N[C@@H]3OC2c2ccccc23)cc1. The smallest absolute Gasteiger partial charge is 0.176 e. The molecule has 0 N–H and O–H groups in total. The molecule has 0 saturated carbocycles. The molecule has 0 fully saturated rings. The highest BCUT2D eigenvalue weighted by Gasteiger charge is 2.40. The summed E-state index contributed by atoms with van der Waals surface area (Å²) in [4.78, 5) is 4.66. The molecular weight excluding hydrogens is 210 g/mol. The van der Waals surface area contributed by atoms with Crippen molar-refractivity contribution in [2.45, 2.75) is 12.3 Å². The van der Waals surface area contributed by atoms with Gasteiger partial charge in [-0.25, -0.2) is 0 Å². The van der Waals surface area contributed by atoms with Gasteiger partial charge in [-0.2, -0.15) is 0 Å². The molecule has 17 heavy (non-hydrogen) atoms. The summed E-state index contributed by atoms with van der Waals surface area (Å²) in [6, 6.07) is 18.6. The van der Waals surface area contributed by atoms with E-state index < -0.39 is 0 Å². The largest absolute Gasteiger partial charge is 0.338 e. The van der Waals surface area contributed by atoms with E-state index >= 15 is 0 Å². The van der Waals surface area contributed by atoms with Crippen LogP contribution in [0.2, 0.25) is 0 Å². The van der Waals surface area contributed by atoms with Gasteiger partial charge in [0.15, 0.2) is 6.23 Å². The Morgan fingerprint density at radius 3 is 2.35 bits per heavy atom. The third kappa shape index (κ3) is 1.22. The second-order valence-corrected chi connectivity index (χ2v) is 4.38. The number of aliphatic imine (C=N–C) groups is 1. The summed E-state index contributed by atoms with van der Waals surface area (Å²) < 4.78 is 5.91. The summed E-state index contributed by atoms with van der Waals surface area (Å²) in [6.45, 7) is 0. The molecule has 2 atom stereocenters. The first kappa shape index (κ1) is 9.14. The van der Waals surface area contributed by atoms with Gasteiger partial charge in [0.2, 0.25) is 0 Å². The Labute approximate surface area is 99.6 Å². The minimum Gasteiger partial charge on any atom is -0.338 e. The molecule has 2 aliphatic heterocycles. The van der Waals surface area contributed by atoms with Crippen LogP contribution in [0, 0.1) is 0 Å². The molecule has 2 aromatic carbocycles. The van der Waals surface area contributed by atoms with Crippen LogP contribution < -0.4 is 0 Å². The van der Waals surface area contributed by atoms with Crippen molar-refractivity contribution in [2.75, 3.05) is 0 Å². The Kier molecular flexibility index (Phi) is 1.76. The van der Waals surface area contributed by atoms with E-state index in [0.717, 1.165) is 11.3 Å². The molecule has 0 radical (unpaired) electrons. The molecule has 0 spiro atoms. The van der Waals surface area contributed by atoms with Crippen LogP contribution in [0.1, 0.15) is 29.0 Å². The maximum absolute atomic E-state index is 5.91. The predicted molar refractivity (Wildman–Crippen MR) is 66.0 cm³/mol. The fourth-order valence-electron chi connectivity index (χ4n) is 2.59. The van der Waals surface area contributed by atoms with Gasteiger partial charge in [-0.05, 0) is 11.1 Å². The van der Waals surface area contributed by atoms with Crippen LogP contribution in [-0.2, 0) is 4.74 Å². The van der Waals surface area contributed by atoms with Gasteiger partial charge < -0.3 is 4.74 Å². The van der Waals surface area contributed by atoms with Crippen LogP contribution in [0.25, 0.3) is 0 Å². The van der Waals surface area contributed by atoms with Gasteiger partial charge in [0.05, 0.1) is 5.71 Å². The van der Waals surface area contributed by atoms with E-state index in [0.29, 0.717) is 0 Å². The molecule has 82 valence electrons. The molecule has 0 aliphatic carbocycles. The maximum atomic E-state index is 5.91. The molecule has 2 aromatic rings. The van der Waals surface area contributed by atoms with Gasteiger partial charge in [-0.3, -0.25) is 4.99 Å². The fourth-order valence-corrected chi connectivity index (χ4v) is 2.59. The Morgan fingerprint density at radius 1 is 0.824 bits per heavy atom. The minimum absolute atomic E-state index is 0.0265. The van der Waals surface area contributed by atoms with E-state index in [-0.39, 0.29) is 12.3 Å². The quantitative estimate of drug-likeness (QED) is 0.724.